The molecule has 0 spiro atoms. The predicted molar refractivity (Wildman–Crippen MR) is 58.7 cm³/mol. The van der Waals surface area contributed by atoms with Crippen LogP contribution in [0.3, 0.4) is 0 Å². The van der Waals surface area contributed by atoms with Crippen molar-refractivity contribution >= 4 is 22.4 Å². The number of aryl methyl sites for hydroxylation is 1. The molecule has 0 aliphatic heterocycles. The normalized spacial score (nSPS) is 10.3. The predicted octanol–water partition coefficient (Wildman–Crippen LogP) is 3.06. The van der Waals surface area contributed by atoms with Crippen molar-refractivity contribution in [3.63, 3.8) is 0 Å². The summed E-state index contributed by atoms with van der Waals surface area (Å²) in [6.07, 6.45) is 1.78. The van der Waals surface area contributed by atoms with Gasteiger partial charge in [-0.1, -0.05) is 0 Å². The summed E-state index contributed by atoms with van der Waals surface area (Å²) in [5, 5.41) is 2.90. The van der Waals surface area contributed by atoms with Crippen molar-refractivity contribution in [3.05, 3.63) is 35.7 Å². The number of hydrogen-bond donors (Lipinski definition) is 0. The Morgan fingerprint density at radius 3 is 3.06 bits per heavy atom. The van der Waals surface area contributed by atoms with Crippen molar-refractivity contribution in [2.45, 2.75) is 6.92 Å². The zero-order valence-corrected chi connectivity index (χ0v) is 11.6. The minimum absolute atomic E-state index is 0. The number of nitrogens with zero attached hydrogens (tertiary/aromatic N) is 2. The van der Waals surface area contributed by atoms with Crippen LogP contribution in [-0.4, -0.2) is 9.97 Å². The molecule has 0 N–H and O–H groups in total. The molecule has 83 valence electrons. The maximum absolute atomic E-state index is 5.38. The molecule has 0 saturated heterocycles. The molecule has 3 aromatic rings. The van der Waals surface area contributed by atoms with E-state index < -0.39 is 0 Å². The molecule has 0 unspecified atom stereocenters. The van der Waals surface area contributed by atoms with Gasteiger partial charge in [-0.3, -0.25) is 4.98 Å². The summed E-state index contributed by atoms with van der Waals surface area (Å²) in [7, 11) is 0. The van der Waals surface area contributed by atoms with Gasteiger partial charge in [-0.15, -0.1) is 23.8 Å². The van der Waals surface area contributed by atoms with Crippen molar-refractivity contribution in [1.29, 1.82) is 0 Å². The third-order valence-corrected chi connectivity index (χ3v) is 2.90. The molecule has 0 atom stereocenters. The van der Waals surface area contributed by atoms with E-state index in [-0.39, 0.29) is 20.1 Å². The van der Waals surface area contributed by atoms with Gasteiger partial charge < -0.3 is 4.42 Å². The van der Waals surface area contributed by atoms with Gasteiger partial charge in [0, 0.05) is 49.1 Å². The fraction of sp³-hybridized carbons (Fsp3) is 0.0909. The molecule has 0 aliphatic carbocycles. The smallest absolute Gasteiger partial charge is 0.180 e. The molecule has 2 aromatic heterocycles. The largest absolute Gasteiger partial charge is 0.488 e. The standard InChI is InChI=1S/C11H7N2OS.Ir/c1-7-13-9-6-8(2-3-10(9)14-7)11-12-4-5-15-11;/h3-6H,1H3;/q-1;. The van der Waals surface area contributed by atoms with E-state index in [1.165, 1.54) is 0 Å². The maximum Gasteiger partial charge on any atom is 0.180 e. The first-order valence-electron chi connectivity index (χ1n) is 4.52. The Morgan fingerprint density at radius 2 is 2.31 bits per heavy atom. The van der Waals surface area contributed by atoms with E-state index in [1.807, 2.05) is 24.4 Å². The molecule has 0 bridgehead atoms. The van der Waals surface area contributed by atoms with Gasteiger partial charge in [-0.25, -0.2) is 4.98 Å². The van der Waals surface area contributed by atoms with E-state index in [2.05, 4.69) is 16.0 Å². The number of hydrogen-bond acceptors (Lipinski definition) is 4. The second-order valence-electron chi connectivity index (χ2n) is 3.17. The van der Waals surface area contributed by atoms with Crippen LogP contribution in [0.4, 0.5) is 0 Å². The van der Waals surface area contributed by atoms with Gasteiger partial charge in [-0.05, 0) is 0 Å². The second-order valence-corrected chi connectivity index (χ2v) is 4.06. The Balaban J connectivity index is 0.000000963. The van der Waals surface area contributed by atoms with E-state index in [0.29, 0.717) is 5.89 Å². The Hall–Kier alpha value is -1.03. The molecule has 0 saturated carbocycles. The van der Waals surface area contributed by atoms with Crippen LogP contribution in [0, 0.1) is 13.0 Å². The van der Waals surface area contributed by atoms with Gasteiger partial charge in [0.05, 0.1) is 5.58 Å². The van der Waals surface area contributed by atoms with Gasteiger partial charge in [0.1, 0.15) is 0 Å². The summed E-state index contributed by atoms with van der Waals surface area (Å²) >= 11 is 1.59. The van der Waals surface area contributed by atoms with Crippen LogP contribution in [0.5, 0.6) is 0 Å². The van der Waals surface area contributed by atoms with Crippen LogP contribution in [0.2, 0.25) is 0 Å². The number of aromatic nitrogens is 2. The Labute approximate surface area is 110 Å². The third kappa shape index (κ3) is 1.94. The van der Waals surface area contributed by atoms with Gasteiger partial charge in [0.25, 0.3) is 0 Å². The first kappa shape index (κ1) is 11.5. The molecule has 0 fully saturated rings. The molecule has 0 amide bonds. The van der Waals surface area contributed by atoms with Crippen LogP contribution < -0.4 is 0 Å². The molecule has 3 nitrogen and oxygen atoms in total. The molecular formula is C11H7IrN2OS-. The van der Waals surface area contributed by atoms with Crippen molar-refractivity contribution < 1.29 is 24.5 Å². The minimum atomic E-state index is 0. The summed E-state index contributed by atoms with van der Waals surface area (Å²) in [5.41, 5.74) is 2.59. The fourth-order valence-corrected chi connectivity index (χ4v) is 2.08. The minimum Gasteiger partial charge on any atom is -0.488 e. The van der Waals surface area contributed by atoms with Crippen molar-refractivity contribution in [2.75, 3.05) is 0 Å². The SMILES string of the molecule is Cc1nc2cc(-c3nccs3)[c-]cc2o1.[Ir]. The molecule has 16 heavy (non-hydrogen) atoms. The average Bonchev–Trinajstić information content (AvgIpc) is 2.82. The summed E-state index contributed by atoms with van der Waals surface area (Å²) in [6.45, 7) is 1.84. The van der Waals surface area contributed by atoms with E-state index in [9.17, 15) is 0 Å². The van der Waals surface area contributed by atoms with E-state index in [1.54, 1.807) is 17.5 Å². The maximum atomic E-state index is 5.38. The molecule has 1 radical (unpaired) electrons. The van der Waals surface area contributed by atoms with E-state index in [4.69, 9.17) is 4.42 Å². The summed E-state index contributed by atoms with van der Waals surface area (Å²) < 4.78 is 5.38. The molecule has 0 aliphatic rings. The monoisotopic (exact) mass is 408 g/mol. The van der Waals surface area contributed by atoms with Crippen molar-refractivity contribution in [1.82, 2.24) is 9.97 Å². The number of oxazole rings is 1. The molecule has 1 aromatic carbocycles. The molecule has 3 rings (SSSR count). The number of benzene rings is 1. The Bertz CT molecular complexity index is 604. The van der Waals surface area contributed by atoms with Crippen LogP contribution >= 0.6 is 11.3 Å². The van der Waals surface area contributed by atoms with E-state index >= 15 is 0 Å². The summed E-state index contributed by atoms with van der Waals surface area (Å²) in [6, 6.07) is 6.90. The van der Waals surface area contributed by atoms with E-state index in [0.717, 1.165) is 21.7 Å². The van der Waals surface area contributed by atoms with Gasteiger partial charge >= 0.3 is 0 Å². The first-order valence-corrected chi connectivity index (χ1v) is 5.39. The van der Waals surface area contributed by atoms with Crippen LogP contribution in [0.15, 0.2) is 28.1 Å². The zero-order chi connectivity index (χ0) is 10.3. The number of thiazole rings is 1. The topological polar surface area (TPSA) is 38.9 Å². The second kappa shape index (κ2) is 4.45. The molecule has 2 heterocycles. The molecule has 5 heteroatoms. The van der Waals surface area contributed by atoms with Crippen LogP contribution in [0.25, 0.3) is 21.7 Å². The summed E-state index contributed by atoms with van der Waals surface area (Å²) in [4.78, 5) is 8.50. The van der Waals surface area contributed by atoms with Gasteiger partial charge in [-0.2, -0.15) is 11.3 Å². The quantitative estimate of drug-likeness (QED) is 0.582. The number of fused-ring (bicyclic) bond motifs is 1. The van der Waals surface area contributed by atoms with Crippen LogP contribution in [-0.2, 0) is 20.1 Å². The molecular weight excluding hydrogens is 400 g/mol. The zero-order valence-electron chi connectivity index (χ0n) is 8.35. The van der Waals surface area contributed by atoms with Crippen molar-refractivity contribution in [2.24, 2.45) is 0 Å². The Morgan fingerprint density at radius 1 is 1.44 bits per heavy atom. The summed E-state index contributed by atoms with van der Waals surface area (Å²) in [5.74, 6) is 0.676. The fourth-order valence-electron chi connectivity index (χ4n) is 1.47. The van der Waals surface area contributed by atoms with Crippen LogP contribution in [0.1, 0.15) is 5.89 Å². The van der Waals surface area contributed by atoms with Crippen molar-refractivity contribution in [3.8, 4) is 10.6 Å². The number of rotatable bonds is 1. The van der Waals surface area contributed by atoms with Gasteiger partial charge in [0.15, 0.2) is 5.89 Å². The third-order valence-electron chi connectivity index (χ3n) is 2.09. The first-order chi connectivity index (χ1) is 7.33. The van der Waals surface area contributed by atoms with Gasteiger partial charge in [0.2, 0.25) is 0 Å². The Kier molecular flexibility index (Phi) is 3.19. The average molecular weight is 407 g/mol.